The molecule has 0 radical (unpaired) electrons. The second kappa shape index (κ2) is 5.48. The van der Waals surface area contributed by atoms with Gasteiger partial charge in [0, 0.05) is 26.7 Å². The summed E-state index contributed by atoms with van der Waals surface area (Å²) in [6.07, 6.45) is 0. The van der Waals surface area contributed by atoms with E-state index in [2.05, 4.69) is 29.0 Å². The Hall–Kier alpha value is -2.49. The molecular formula is C17H18N2O2. The van der Waals surface area contributed by atoms with E-state index in [1.165, 1.54) is 11.4 Å². The molecule has 2 aromatic rings. The predicted octanol–water partition coefficient (Wildman–Crippen LogP) is 2.84. The highest BCUT2D eigenvalue weighted by Gasteiger charge is 2.19. The quantitative estimate of drug-likeness (QED) is 0.940. The van der Waals surface area contributed by atoms with E-state index < -0.39 is 5.97 Å². The number of nitrogens with zero attached hydrogens (tertiary/aromatic N) is 2. The van der Waals surface area contributed by atoms with Gasteiger partial charge in [0.2, 0.25) is 0 Å². The number of likely N-dealkylation sites (N-methyl/N-ethyl adjacent to an activating group) is 1. The van der Waals surface area contributed by atoms with Crippen molar-refractivity contribution < 1.29 is 9.90 Å². The average Bonchev–Trinajstić information content (AvgIpc) is 2.51. The van der Waals surface area contributed by atoms with Gasteiger partial charge in [0.05, 0.1) is 16.9 Å². The molecule has 0 unspecified atom stereocenters. The van der Waals surface area contributed by atoms with Gasteiger partial charge >= 0.3 is 5.97 Å². The SMILES string of the molecule is CN1CCN(Cc2cccc(C(=O)O)c2)c2ccccc21. The van der Waals surface area contributed by atoms with E-state index in [0.29, 0.717) is 5.56 Å². The Morgan fingerprint density at radius 1 is 1.10 bits per heavy atom. The van der Waals surface area contributed by atoms with Crippen molar-refractivity contribution in [1.82, 2.24) is 0 Å². The largest absolute Gasteiger partial charge is 0.478 e. The van der Waals surface area contributed by atoms with E-state index in [1.54, 1.807) is 18.2 Å². The number of carboxylic acids is 1. The third-order valence-electron chi connectivity index (χ3n) is 3.89. The molecule has 108 valence electrons. The molecule has 0 saturated carbocycles. The zero-order valence-corrected chi connectivity index (χ0v) is 12.0. The van der Waals surface area contributed by atoms with Gasteiger partial charge in [0.1, 0.15) is 0 Å². The van der Waals surface area contributed by atoms with Crippen LogP contribution in [0.15, 0.2) is 48.5 Å². The van der Waals surface area contributed by atoms with Crippen LogP contribution in [0, 0.1) is 0 Å². The molecular weight excluding hydrogens is 264 g/mol. The number of anilines is 2. The molecule has 0 atom stereocenters. The molecule has 0 amide bonds. The Morgan fingerprint density at radius 2 is 1.86 bits per heavy atom. The van der Waals surface area contributed by atoms with Gasteiger partial charge in [-0.15, -0.1) is 0 Å². The van der Waals surface area contributed by atoms with E-state index in [0.717, 1.165) is 25.2 Å². The van der Waals surface area contributed by atoms with Crippen molar-refractivity contribution in [2.24, 2.45) is 0 Å². The average molecular weight is 282 g/mol. The first-order chi connectivity index (χ1) is 10.1. The number of rotatable bonds is 3. The van der Waals surface area contributed by atoms with Crippen LogP contribution in [0.2, 0.25) is 0 Å². The maximum absolute atomic E-state index is 11.1. The highest BCUT2D eigenvalue weighted by atomic mass is 16.4. The minimum Gasteiger partial charge on any atom is -0.478 e. The third kappa shape index (κ3) is 2.70. The lowest BCUT2D eigenvalue weighted by molar-refractivity contribution is 0.0696. The van der Waals surface area contributed by atoms with Crippen LogP contribution >= 0.6 is 0 Å². The molecule has 3 rings (SSSR count). The molecule has 4 nitrogen and oxygen atoms in total. The Kier molecular flexibility index (Phi) is 3.52. The van der Waals surface area contributed by atoms with Crippen LogP contribution < -0.4 is 9.80 Å². The van der Waals surface area contributed by atoms with E-state index in [9.17, 15) is 4.79 Å². The van der Waals surface area contributed by atoms with Crippen molar-refractivity contribution in [3.05, 3.63) is 59.7 Å². The molecule has 0 aromatic heterocycles. The van der Waals surface area contributed by atoms with Gasteiger partial charge in [-0.2, -0.15) is 0 Å². The highest BCUT2D eigenvalue weighted by Crippen LogP contribution is 2.32. The summed E-state index contributed by atoms with van der Waals surface area (Å²) >= 11 is 0. The Balaban J connectivity index is 1.87. The molecule has 1 N–H and O–H groups in total. The topological polar surface area (TPSA) is 43.8 Å². The number of fused-ring (bicyclic) bond motifs is 1. The fourth-order valence-corrected chi connectivity index (χ4v) is 2.75. The molecule has 4 heteroatoms. The van der Waals surface area contributed by atoms with Crippen LogP contribution in [0.5, 0.6) is 0 Å². The van der Waals surface area contributed by atoms with E-state index >= 15 is 0 Å². The smallest absolute Gasteiger partial charge is 0.335 e. The van der Waals surface area contributed by atoms with Gasteiger partial charge < -0.3 is 14.9 Å². The maximum atomic E-state index is 11.1. The monoisotopic (exact) mass is 282 g/mol. The minimum atomic E-state index is -0.879. The van der Waals surface area contributed by atoms with Crippen LogP contribution in [-0.2, 0) is 6.54 Å². The summed E-state index contributed by atoms with van der Waals surface area (Å²) in [5.74, 6) is -0.879. The molecule has 1 aliphatic heterocycles. The third-order valence-corrected chi connectivity index (χ3v) is 3.89. The first-order valence-electron chi connectivity index (χ1n) is 7.02. The van der Waals surface area contributed by atoms with Crippen molar-refractivity contribution in [3.63, 3.8) is 0 Å². The van der Waals surface area contributed by atoms with Crippen molar-refractivity contribution in [1.29, 1.82) is 0 Å². The van der Waals surface area contributed by atoms with Crippen LogP contribution in [0.3, 0.4) is 0 Å². The normalized spacial score (nSPS) is 14.0. The van der Waals surface area contributed by atoms with Gasteiger partial charge in [-0.1, -0.05) is 24.3 Å². The van der Waals surface area contributed by atoms with Crippen molar-refractivity contribution in [2.45, 2.75) is 6.54 Å². The number of hydrogen-bond acceptors (Lipinski definition) is 3. The van der Waals surface area contributed by atoms with Crippen molar-refractivity contribution in [2.75, 3.05) is 29.9 Å². The molecule has 2 aromatic carbocycles. The fourth-order valence-electron chi connectivity index (χ4n) is 2.75. The number of para-hydroxylation sites is 2. The highest BCUT2D eigenvalue weighted by molar-refractivity contribution is 5.87. The predicted molar refractivity (Wildman–Crippen MR) is 84.2 cm³/mol. The van der Waals surface area contributed by atoms with Crippen molar-refractivity contribution >= 4 is 17.3 Å². The van der Waals surface area contributed by atoms with Crippen molar-refractivity contribution in [3.8, 4) is 0 Å². The number of benzene rings is 2. The summed E-state index contributed by atoms with van der Waals surface area (Å²) in [6.45, 7) is 2.63. The van der Waals surface area contributed by atoms with Gasteiger partial charge in [-0.3, -0.25) is 0 Å². The Labute approximate surface area is 124 Å². The lowest BCUT2D eigenvalue weighted by Crippen LogP contribution is -2.38. The number of carboxylic acid groups (broad SMARTS) is 1. The molecule has 21 heavy (non-hydrogen) atoms. The number of aromatic carboxylic acids is 1. The summed E-state index contributed by atoms with van der Waals surface area (Å²) in [5.41, 5.74) is 3.79. The Morgan fingerprint density at radius 3 is 2.62 bits per heavy atom. The molecule has 0 fully saturated rings. The summed E-state index contributed by atoms with van der Waals surface area (Å²) in [4.78, 5) is 15.6. The van der Waals surface area contributed by atoms with E-state index in [1.807, 2.05) is 18.2 Å². The summed E-state index contributed by atoms with van der Waals surface area (Å²) < 4.78 is 0. The summed E-state index contributed by atoms with van der Waals surface area (Å²) in [7, 11) is 2.10. The molecule has 1 heterocycles. The zero-order chi connectivity index (χ0) is 14.8. The van der Waals surface area contributed by atoms with Gasteiger partial charge in [-0.05, 0) is 29.8 Å². The molecule has 0 aliphatic carbocycles. The summed E-state index contributed by atoms with van der Waals surface area (Å²) in [5, 5.41) is 9.09. The minimum absolute atomic E-state index is 0.343. The second-order valence-electron chi connectivity index (χ2n) is 5.34. The first-order valence-corrected chi connectivity index (χ1v) is 7.02. The number of hydrogen-bond donors (Lipinski definition) is 1. The number of carbonyl (C=O) groups is 1. The van der Waals surface area contributed by atoms with Gasteiger partial charge in [0.15, 0.2) is 0 Å². The summed E-state index contributed by atoms with van der Waals surface area (Å²) in [6, 6.07) is 15.5. The molecule has 1 aliphatic rings. The molecule has 0 bridgehead atoms. The van der Waals surface area contributed by atoms with Crippen LogP contribution in [0.25, 0.3) is 0 Å². The van der Waals surface area contributed by atoms with Crippen LogP contribution in [-0.4, -0.2) is 31.2 Å². The zero-order valence-electron chi connectivity index (χ0n) is 12.0. The van der Waals surface area contributed by atoms with Crippen LogP contribution in [0.1, 0.15) is 15.9 Å². The van der Waals surface area contributed by atoms with E-state index in [4.69, 9.17) is 5.11 Å². The molecule has 0 spiro atoms. The van der Waals surface area contributed by atoms with E-state index in [-0.39, 0.29) is 0 Å². The lowest BCUT2D eigenvalue weighted by atomic mass is 10.1. The lowest BCUT2D eigenvalue weighted by Gasteiger charge is -2.37. The molecule has 0 saturated heterocycles. The van der Waals surface area contributed by atoms with Gasteiger partial charge in [-0.25, -0.2) is 4.79 Å². The Bertz CT molecular complexity index is 669. The fraction of sp³-hybridized carbons (Fsp3) is 0.235. The second-order valence-corrected chi connectivity index (χ2v) is 5.34. The standard InChI is InChI=1S/C17H18N2O2/c1-18-9-10-19(16-8-3-2-7-15(16)18)12-13-5-4-6-14(11-13)17(20)21/h2-8,11H,9-10,12H2,1H3,(H,20,21). The first kappa shape index (κ1) is 13.5. The maximum Gasteiger partial charge on any atom is 0.335 e. The van der Waals surface area contributed by atoms with Gasteiger partial charge in [0.25, 0.3) is 0 Å². The van der Waals surface area contributed by atoms with Crippen LogP contribution in [0.4, 0.5) is 11.4 Å².